The lowest BCUT2D eigenvalue weighted by Crippen LogP contribution is -2.46. The minimum absolute atomic E-state index is 0.280. The normalized spacial score (nSPS) is 20.2. The number of benzene rings is 1. The van der Waals surface area contributed by atoms with E-state index in [2.05, 4.69) is 15.9 Å². The van der Waals surface area contributed by atoms with Crippen LogP contribution in [0.1, 0.15) is 37.7 Å². The molecule has 1 unspecified atom stereocenters. The first-order chi connectivity index (χ1) is 9.07. The van der Waals surface area contributed by atoms with Gasteiger partial charge in [-0.2, -0.15) is 0 Å². The molecule has 0 heterocycles. The van der Waals surface area contributed by atoms with Crippen LogP contribution in [0.5, 0.6) is 0 Å². The summed E-state index contributed by atoms with van der Waals surface area (Å²) in [5.41, 5.74) is 0.488. The quantitative estimate of drug-likeness (QED) is 0.908. The van der Waals surface area contributed by atoms with Crippen LogP contribution in [0.4, 0.5) is 4.39 Å². The molecule has 2 nitrogen and oxygen atoms in total. The number of aliphatic hydroxyl groups excluding tert-OH is 1. The SMILES string of the molecule is COC1(C(O)Cc2ccc(F)c(Br)c2)CCCCC1. The molecule has 0 amide bonds. The molecule has 19 heavy (non-hydrogen) atoms. The highest BCUT2D eigenvalue weighted by atomic mass is 79.9. The third-order valence-corrected chi connectivity index (χ3v) is 4.73. The van der Waals surface area contributed by atoms with Crippen LogP contribution >= 0.6 is 15.9 Å². The highest BCUT2D eigenvalue weighted by Crippen LogP contribution is 2.35. The first kappa shape index (κ1) is 14.9. The van der Waals surface area contributed by atoms with Crippen LogP contribution in [0.25, 0.3) is 0 Å². The largest absolute Gasteiger partial charge is 0.390 e. The lowest BCUT2D eigenvalue weighted by atomic mass is 9.78. The third-order valence-electron chi connectivity index (χ3n) is 4.13. The Kier molecular flexibility index (Phi) is 4.98. The van der Waals surface area contributed by atoms with Gasteiger partial charge in [-0.15, -0.1) is 0 Å². The Morgan fingerprint density at radius 3 is 2.63 bits per heavy atom. The van der Waals surface area contributed by atoms with E-state index in [-0.39, 0.29) is 5.82 Å². The van der Waals surface area contributed by atoms with Crippen molar-refractivity contribution in [1.29, 1.82) is 0 Å². The van der Waals surface area contributed by atoms with E-state index in [4.69, 9.17) is 4.74 Å². The van der Waals surface area contributed by atoms with Crippen molar-refractivity contribution in [2.24, 2.45) is 0 Å². The minimum atomic E-state index is -0.546. The Morgan fingerprint density at radius 1 is 1.37 bits per heavy atom. The van der Waals surface area contributed by atoms with Gasteiger partial charge in [-0.3, -0.25) is 0 Å². The number of hydrogen-bond acceptors (Lipinski definition) is 2. The summed E-state index contributed by atoms with van der Waals surface area (Å²) in [4.78, 5) is 0. The second-order valence-corrected chi connectivity index (χ2v) is 6.15. The molecular formula is C15H20BrFO2. The Morgan fingerprint density at radius 2 is 2.05 bits per heavy atom. The van der Waals surface area contributed by atoms with Gasteiger partial charge in [0.1, 0.15) is 5.82 Å². The van der Waals surface area contributed by atoms with Crippen LogP contribution in [0.15, 0.2) is 22.7 Å². The summed E-state index contributed by atoms with van der Waals surface area (Å²) in [7, 11) is 1.68. The van der Waals surface area contributed by atoms with E-state index >= 15 is 0 Å². The standard InChI is InChI=1S/C15H20BrFO2/c1-19-15(7-3-2-4-8-15)14(18)10-11-5-6-13(17)12(16)9-11/h5-6,9,14,18H,2-4,7-8,10H2,1H3. The fourth-order valence-corrected chi connectivity index (χ4v) is 3.33. The molecular weight excluding hydrogens is 311 g/mol. The highest BCUT2D eigenvalue weighted by molar-refractivity contribution is 9.10. The van der Waals surface area contributed by atoms with Crippen molar-refractivity contribution in [3.05, 3.63) is 34.1 Å². The van der Waals surface area contributed by atoms with Crippen molar-refractivity contribution in [2.75, 3.05) is 7.11 Å². The zero-order valence-electron chi connectivity index (χ0n) is 11.2. The molecule has 0 saturated heterocycles. The van der Waals surface area contributed by atoms with Gasteiger partial charge in [0.05, 0.1) is 16.2 Å². The Bertz CT molecular complexity index is 430. The van der Waals surface area contributed by atoms with Gasteiger partial charge in [0.2, 0.25) is 0 Å². The maximum Gasteiger partial charge on any atom is 0.137 e. The van der Waals surface area contributed by atoms with Crippen LogP contribution in [0.2, 0.25) is 0 Å². The number of rotatable bonds is 4. The maximum absolute atomic E-state index is 13.2. The van der Waals surface area contributed by atoms with Gasteiger partial charge in [0.15, 0.2) is 0 Å². The van der Waals surface area contributed by atoms with E-state index in [1.54, 1.807) is 19.2 Å². The van der Waals surface area contributed by atoms with Gasteiger partial charge < -0.3 is 9.84 Å². The molecule has 1 aromatic carbocycles. The fourth-order valence-electron chi connectivity index (χ4n) is 2.90. The van der Waals surface area contributed by atoms with Gasteiger partial charge in [-0.05, 0) is 46.5 Å². The maximum atomic E-state index is 13.2. The molecule has 0 radical (unpaired) electrons. The highest BCUT2D eigenvalue weighted by Gasteiger charge is 2.39. The Labute approximate surface area is 122 Å². The van der Waals surface area contributed by atoms with Gasteiger partial charge in [-0.1, -0.05) is 25.3 Å². The number of halogens is 2. The average Bonchev–Trinajstić information content (AvgIpc) is 2.43. The van der Waals surface area contributed by atoms with Crippen LogP contribution in [0, 0.1) is 5.82 Å². The summed E-state index contributed by atoms with van der Waals surface area (Å²) in [6.45, 7) is 0. The van der Waals surface area contributed by atoms with E-state index in [0.717, 1.165) is 31.2 Å². The second-order valence-electron chi connectivity index (χ2n) is 5.30. The molecule has 1 aliphatic carbocycles. The van der Waals surface area contributed by atoms with Crippen LogP contribution < -0.4 is 0 Å². The van der Waals surface area contributed by atoms with Crippen LogP contribution in [0.3, 0.4) is 0 Å². The van der Waals surface area contributed by atoms with E-state index in [1.165, 1.54) is 12.5 Å². The van der Waals surface area contributed by atoms with Crippen molar-refractivity contribution < 1.29 is 14.2 Å². The van der Waals surface area contributed by atoms with Gasteiger partial charge in [0.25, 0.3) is 0 Å². The third kappa shape index (κ3) is 3.36. The van der Waals surface area contributed by atoms with Crippen molar-refractivity contribution >= 4 is 15.9 Å². The van der Waals surface area contributed by atoms with Crippen molar-refractivity contribution in [1.82, 2.24) is 0 Å². The van der Waals surface area contributed by atoms with Gasteiger partial charge >= 0.3 is 0 Å². The summed E-state index contributed by atoms with van der Waals surface area (Å²) >= 11 is 3.17. The van der Waals surface area contributed by atoms with Crippen LogP contribution in [-0.4, -0.2) is 23.9 Å². The smallest absolute Gasteiger partial charge is 0.137 e. The van der Waals surface area contributed by atoms with E-state index in [0.29, 0.717) is 10.9 Å². The first-order valence-electron chi connectivity index (χ1n) is 6.74. The van der Waals surface area contributed by atoms with E-state index < -0.39 is 11.7 Å². The molecule has 2 rings (SSSR count). The molecule has 0 aromatic heterocycles. The molecule has 1 atom stereocenters. The average molecular weight is 331 g/mol. The van der Waals surface area contributed by atoms with E-state index in [9.17, 15) is 9.50 Å². The topological polar surface area (TPSA) is 29.5 Å². The second kappa shape index (κ2) is 6.33. The van der Waals surface area contributed by atoms with Crippen molar-refractivity contribution in [3.8, 4) is 0 Å². The fraction of sp³-hybridized carbons (Fsp3) is 0.600. The summed E-state index contributed by atoms with van der Waals surface area (Å²) in [5, 5.41) is 10.5. The number of hydrogen-bond donors (Lipinski definition) is 1. The predicted octanol–water partition coefficient (Wildman–Crippen LogP) is 3.84. The Balaban J connectivity index is 2.10. The molecule has 1 saturated carbocycles. The molecule has 0 aliphatic heterocycles. The van der Waals surface area contributed by atoms with Crippen LogP contribution in [-0.2, 0) is 11.2 Å². The van der Waals surface area contributed by atoms with Crippen molar-refractivity contribution in [2.45, 2.75) is 50.2 Å². The van der Waals surface area contributed by atoms with E-state index in [1.807, 2.05) is 0 Å². The minimum Gasteiger partial charge on any atom is -0.390 e. The lowest BCUT2D eigenvalue weighted by molar-refractivity contribution is -0.122. The van der Waals surface area contributed by atoms with Crippen molar-refractivity contribution in [3.63, 3.8) is 0 Å². The number of aliphatic hydroxyl groups is 1. The predicted molar refractivity (Wildman–Crippen MR) is 76.6 cm³/mol. The number of methoxy groups -OCH3 is 1. The molecule has 1 aliphatic rings. The molecule has 0 spiro atoms. The summed E-state index contributed by atoms with van der Waals surface area (Å²) in [5.74, 6) is -0.280. The lowest BCUT2D eigenvalue weighted by Gasteiger charge is -2.40. The van der Waals surface area contributed by atoms with Gasteiger partial charge in [0, 0.05) is 13.5 Å². The molecule has 106 valence electrons. The molecule has 4 heteroatoms. The zero-order valence-corrected chi connectivity index (χ0v) is 12.7. The zero-order chi connectivity index (χ0) is 13.9. The summed E-state index contributed by atoms with van der Waals surface area (Å²) < 4.78 is 19.3. The monoisotopic (exact) mass is 330 g/mol. The molecule has 0 bridgehead atoms. The number of ether oxygens (including phenoxy) is 1. The summed E-state index contributed by atoms with van der Waals surface area (Å²) in [6, 6.07) is 4.87. The first-order valence-corrected chi connectivity index (χ1v) is 7.54. The summed E-state index contributed by atoms with van der Waals surface area (Å²) in [6.07, 6.45) is 5.14. The Hall–Kier alpha value is -0.450. The molecule has 1 aromatic rings. The molecule has 1 fully saturated rings. The van der Waals surface area contributed by atoms with Gasteiger partial charge in [-0.25, -0.2) is 4.39 Å². The molecule has 1 N–H and O–H groups in total.